The maximum atomic E-state index is 11.4. The molecule has 0 spiro atoms. The number of unbranched alkanes of at least 4 members (excludes halogenated alkanes) is 2. The molecule has 1 saturated heterocycles. The molecule has 3 heteroatoms. The Morgan fingerprint density at radius 1 is 1.50 bits per heavy atom. The molecule has 0 aromatic carbocycles. The van der Waals surface area contributed by atoms with Crippen molar-refractivity contribution in [2.45, 2.75) is 51.5 Å². The second kappa shape index (κ2) is 6.02. The van der Waals surface area contributed by atoms with Crippen LogP contribution in [-0.2, 0) is 4.79 Å². The molecule has 1 rings (SSSR count). The van der Waals surface area contributed by atoms with Gasteiger partial charge in [0.15, 0.2) is 0 Å². The van der Waals surface area contributed by atoms with E-state index in [1.54, 1.807) is 0 Å². The molecule has 1 unspecified atom stereocenters. The van der Waals surface area contributed by atoms with Crippen LogP contribution in [0.5, 0.6) is 0 Å². The monoisotopic (exact) mass is 199 g/mol. The number of β-amino-alcohol motifs (C(OH)–C–C–N with tert-alkyl or cyclic N) is 1. The minimum atomic E-state index is 0.0933. The number of likely N-dealkylation sites (tertiary alicyclic amines) is 1. The molecule has 0 aromatic heterocycles. The van der Waals surface area contributed by atoms with Crippen molar-refractivity contribution in [3.05, 3.63) is 0 Å². The van der Waals surface area contributed by atoms with Crippen LogP contribution < -0.4 is 0 Å². The van der Waals surface area contributed by atoms with Crippen LogP contribution in [0, 0.1) is 0 Å². The third-order valence-electron chi connectivity index (χ3n) is 2.93. The van der Waals surface area contributed by atoms with Crippen molar-refractivity contribution in [3.63, 3.8) is 0 Å². The third-order valence-corrected chi connectivity index (χ3v) is 2.93. The van der Waals surface area contributed by atoms with Crippen LogP contribution >= 0.6 is 0 Å². The highest BCUT2D eigenvalue weighted by molar-refractivity contribution is 5.78. The topological polar surface area (TPSA) is 40.5 Å². The quantitative estimate of drug-likeness (QED) is 0.659. The van der Waals surface area contributed by atoms with Gasteiger partial charge >= 0.3 is 0 Å². The molecule has 1 aliphatic heterocycles. The summed E-state index contributed by atoms with van der Waals surface area (Å²) in [6, 6.07) is 0.404. The van der Waals surface area contributed by atoms with E-state index >= 15 is 0 Å². The maximum Gasteiger partial charge on any atom is 0.222 e. The zero-order valence-electron chi connectivity index (χ0n) is 9.04. The predicted octanol–water partition coefficient (Wildman–Crippen LogP) is 1.55. The van der Waals surface area contributed by atoms with Crippen molar-refractivity contribution in [2.24, 2.45) is 0 Å². The van der Waals surface area contributed by atoms with E-state index in [4.69, 9.17) is 5.11 Å². The Bertz CT molecular complexity index is 182. The van der Waals surface area contributed by atoms with E-state index in [1.165, 1.54) is 19.3 Å². The molecule has 82 valence electrons. The lowest BCUT2D eigenvalue weighted by Crippen LogP contribution is -2.35. The summed E-state index contributed by atoms with van der Waals surface area (Å²) in [6.07, 6.45) is 6.45. The highest BCUT2D eigenvalue weighted by atomic mass is 16.3. The summed E-state index contributed by atoms with van der Waals surface area (Å²) in [5.41, 5.74) is 0. The second-order valence-electron chi connectivity index (χ2n) is 4.00. The van der Waals surface area contributed by atoms with Crippen molar-refractivity contribution in [1.29, 1.82) is 0 Å². The largest absolute Gasteiger partial charge is 0.395 e. The van der Waals surface area contributed by atoms with Crippen LogP contribution in [-0.4, -0.2) is 35.1 Å². The van der Waals surface area contributed by atoms with Crippen molar-refractivity contribution in [1.82, 2.24) is 4.90 Å². The van der Waals surface area contributed by atoms with E-state index in [0.717, 1.165) is 12.8 Å². The number of aliphatic hydroxyl groups excluding tert-OH is 1. The fraction of sp³-hybridized carbons (Fsp3) is 0.909. The van der Waals surface area contributed by atoms with Gasteiger partial charge in [-0.3, -0.25) is 4.79 Å². The number of amides is 1. The molecular formula is C11H21NO2. The lowest BCUT2D eigenvalue weighted by atomic mass is 10.1. The zero-order valence-corrected chi connectivity index (χ0v) is 9.04. The van der Waals surface area contributed by atoms with E-state index in [0.29, 0.717) is 19.0 Å². The van der Waals surface area contributed by atoms with E-state index in [2.05, 4.69) is 6.92 Å². The van der Waals surface area contributed by atoms with Gasteiger partial charge in [-0.05, 0) is 12.8 Å². The normalized spacial score (nSPS) is 22.0. The summed E-state index contributed by atoms with van der Waals surface area (Å²) in [5.74, 6) is 0.223. The SMILES string of the molecule is CCCCCC1CCC(=O)N1CCO. The third kappa shape index (κ3) is 2.98. The van der Waals surface area contributed by atoms with Crippen molar-refractivity contribution >= 4 is 5.91 Å². The van der Waals surface area contributed by atoms with Crippen LogP contribution in [0.2, 0.25) is 0 Å². The molecule has 14 heavy (non-hydrogen) atoms. The average Bonchev–Trinajstić information content (AvgIpc) is 2.51. The molecule has 1 aliphatic rings. The smallest absolute Gasteiger partial charge is 0.222 e. The fourth-order valence-corrected chi connectivity index (χ4v) is 2.14. The minimum absolute atomic E-state index is 0.0933. The van der Waals surface area contributed by atoms with Gasteiger partial charge in [-0.25, -0.2) is 0 Å². The maximum absolute atomic E-state index is 11.4. The lowest BCUT2D eigenvalue weighted by Gasteiger charge is -2.23. The number of hydrogen-bond acceptors (Lipinski definition) is 2. The summed E-state index contributed by atoms with van der Waals surface area (Å²) < 4.78 is 0. The van der Waals surface area contributed by atoms with Gasteiger partial charge in [-0.1, -0.05) is 26.2 Å². The molecule has 0 bridgehead atoms. The standard InChI is InChI=1S/C11H21NO2/c1-2-3-4-5-10-6-7-11(14)12(10)8-9-13/h10,13H,2-9H2,1H3. The molecule has 1 heterocycles. The van der Waals surface area contributed by atoms with Crippen LogP contribution in [0.25, 0.3) is 0 Å². The van der Waals surface area contributed by atoms with Gasteiger partial charge in [0.25, 0.3) is 0 Å². The Labute approximate surface area is 86.1 Å². The Hall–Kier alpha value is -0.570. The molecule has 3 nitrogen and oxygen atoms in total. The highest BCUT2D eigenvalue weighted by Gasteiger charge is 2.29. The van der Waals surface area contributed by atoms with Gasteiger partial charge < -0.3 is 10.0 Å². The Morgan fingerprint density at radius 2 is 2.29 bits per heavy atom. The van der Waals surface area contributed by atoms with E-state index < -0.39 is 0 Å². The second-order valence-corrected chi connectivity index (χ2v) is 4.00. The van der Waals surface area contributed by atoms with Gasteiger partial charge in [0, 0.05) is 19.0 Å². The number of hydrogen-bond donors (Lipinski definition) is 1. The summed E-state index contributed by atoms with van der Waals surface area (Å²) in [5, 5.41) is 8.84. The van der Waals surface area contributed by atoms with Gasteiger partial charge in [-0.15, -0.1) is 0 Å². The molecule has 1 N–H and O–H groups in total. The average molecular weight is 199 g/mol. The van der Waals surface area contributed by atoms with E-state index in [9.17, 15) is 4.79 Å². The van der Waals surface area contributed by atoms with Crippen LogP contribution in [0.4, 0.5) is 0 Å². The molecule has 0 radical (unpaired) electrons. The van der Waals surface area contributed by atoms with Crippen LogP contribution in [0.1, 0.15) is 45.4 Å². The molecule has 1 atom stereocenters. The van der Waals surface area contributed by atoms with Crippen LogP contribution in [0.15, 0.2) is 0 Å². The number of carbonyl (C=O) groups is 1. The molecule has 1 fully saturated rings. The van der Waals surface area contributed by atoms with Gasteiger partial charge in [-0.2, -0.15) is 0 Å². The minimum Gasteiger partial charge on any atom is -0.395 e. The number of nitrogens with zero attached hydrogens (tertiary/aromatic N) is 1. The number of carbonyl (C=O) groups excluding carboxylic acids is 1. The molecule has 0 aromatic rings. The lowest BCUT2D eigenvalue weighted by molar-refractivity contribution is -0.129. The summed E-state index contributed by atoms with van der Waals surface area (Å²) in [6.45, 7) is 2.80. The molecule has 1 amide bonds. The first-order chi connectivity index (χ1) is 6.79. The first-order valence-corrected chi connectivity index (χ1v) is 5.70. The molecular weight excluding hydrogens is 178 g/mol. The van der Waals surface area contributed by atoms with Crippen molar-refractivity contribution in [2.75, 3.05) is 13.2 Å². The number of aliphatic hydroxyl groups is 1. The van der Waals surface area contributed by atoms with Gasteiger partial charge in [0.2, 0.25) is 5.91 Å². The molecule has 0 saturated carbocycles. The number of rotatable bonds is 6. The fourth-order valence-electron chi connectivity index (χ4n) is 2.14. The molecule has 0 aliphatic carbocycles. The van der Waals surface area contributed by atoms with E-state index in [-0.39, 0.29) is 12.5 Å². The zero-order chi connectivity index (χ0) is 10.4. The Balaban J connectivity index is 2.31. The van der Waals surface area contributed by atoms with Crippen LogP contribution in [0.3, 0.4) is 0 Å². The van der Waals surface area contributed by atoms with Gasteiger partial charge in [0.05, 0.1) is 6.61 Å². The van der Waals surface area contributed by atoms with Crippen molar-refractivity contribution < 1.29 is 9.90 Å². The Morgan fingerprint density at radius 3 is 2.93 bits per heavy atom. The van der Waals surface area contributed by atoms with Gasteiger partial charge in [0.1, 0.15) is 0 Å². The summed E-state index contributed by atoms with van der Waals surface area (Å²) in [7, 11) is 0. The van der Waals surface area contributed by atoms with Crippen molar-refractivity contribution in [3.8, 4) is 0 Å². The predicted molar refractivity (Wildman–Crippen MR) is 56.0 cm³/mol. The summed E-state index contributed by atoms with van der Waals surface area (Å²) in [4.78, 5) is 13.3. The summed E-state index contributed by atoms with van der Waals surface area (Å²) >= 11 is 0. The first kappa shape index (κ1) is 11.5. The first-order valence-electron chi connectivity index (χ1n) is 5.70. The van der Waals surface area contributed by atoms with E-state index in [1.807, 2.05) is 4.90 Å². The highest BCUT2D eigenvalue weighted by Crippen LogP contribution is 2.22. The Kier molecular flexibility index (Phi) is 4.94.